The van der Waals surface area contributed by atoms with Crippen LogP contribution in [0, 0.1) is 0 Å². The highest BCUT2D eigenvalue weighted by atomic mass is 16.5. The summed E-state index contributed by atoms with van der Waals surface area (Å²) in [5.41, 5.74) is 3.12. The fourth-order valence-electron chi connectivity index (χ4n) is 3.92. The van der Waals surface area contributed by atoms with E-state index in [0.29, 0.717) is 17.9 Å². The molecular weight excluding hydrogens is 392 g/mol. The summed E-state index contributed by atoms with van der Waals surface area (Å²) in [5.74, 6) is -0.513. The number of fused-ring (bicyclic) bond motifs is 2. The summed E-state index contributed by atoms with van der Waals surface area (Å²) < 4.78 is 5.61. The van der Waals surface area contributed by atoms with E-state index in [9.17, 15) is 9.59 Å². The molecule has 160 valence electrons. The Labute approximate surface area is 181 Å². The third kappa shape index (κ3) is 4.56. The van der Waals surface area contributed by atoms with Crippen LogP contribution in [0.3, 0.4) is 0 Å². The molecular formula is C24H26N4O3. The second-order valence-corrected chi connectivity index (χ2v) is 7.71. The summed E-state index contributed by atoms with van der Waals surface area (Å²) in [7, 11) is 0. The summed E-state index contributed by atoms with van der Waals surface area (Å²) >= 11 is 0. The van der Waals surface area contributed by atoms with Crippen LogP contribution in [0.25, 0.3) is 10.9 Å². The second kappa shape index (κ2) is 9.22. The Hall–Kier alpha value is -3.32. The predicted octanol–water partition coefficient (Wildman–Crippen LogP) is 3.58. The standard InChI is InChI=1S/C24H26N4O3/c1-3-13-28-14-11-20-18(15-28)22(17-8-4-5-9-19(17)26-20)24(30)31-16(2)23(29)27-21-10-6-7-12-25-21/h4-10,12,16H,3,11,13-15H2,1-2H3,(H,25,27,29). The molecule has 1 N–H and O–H groups in total. The van der Waals surface area contributed by atoms with E-state index in [-0.39, 0.29) is 0 Å². The molecule has 7 nitrogen and oxygen atoms in total. The van der Waals surface area contributed by atoms with Gasteiger partial charge in [0, 0.05) is 42.4 Å². The van der Waals surface area contributed by atoms with Crippen LogP contribution in [-0.4, -0.2) is 45.9 Å². The number of esters is 1. The molecule has 0 bridgehead atoms. The molecule has 0 spiro atoms. The van der Waals surface area contributed by atoms with Gasteiger partial charge in [-0.25, -0.2) is 9.78 Å². The molecule has 3 heterocycles. The zero-order chi connectivity index (χ0) is 21.8. The Morgan fingerprint density at radius 2 is 2.00 bits per heavy atom. The number of rotatable bonds is 6. The lowest BCUT2D eigenvalue weighted by Gasteiger charge is -2.29. The highest BCUT2D eigenvalue weighted by Gasteiger charge is 2.28. The molecule has 3 aromatic rings. The Kier molecular flexibility index (Phi) is 6.23. The van der Waals surface area contributed by atoms with Gasteiger partial charge in [-0.15, -0.1) is 0 Å². The number of benzene rings is 1. The molecule has 0 radical (unpaired) electrons. The zero-order valence-electron chi connectivity index (χ0n) is 17.8. The molecule has 0 saturated carbocycles. The first-order valence-corrected chi connectivity index (χ1v) is 10.6. The van der Waals surface area contributed by atoms with Crippen molar-refractivity contribution < 1.29 is 14.3 Å². The van der Waals surface area contributed by atoms with Gasteiger partial charge >= 0.3 is 5.97 Å². The number of aromatic nitrogens is 2. The van der Waals surface area contributed by atoms with Gasteiger partial charge in [0.1, 0.15) is 5.82 Å². The number of pyridine rings is 2. The lowest BCUT2D eigenvalue weighted by molar-refractivity contribution is -0.123. The first-order valence-electron chi connectivity index (χ1n) is 10.6. The van der Waals surface area contributed by atoms with Gasteiger partial charge in [0.25, 0.3) is 5.91 Å². The van der Waals surface area contributed by atoms with Crippen LogP contribution in [0.1, 0.15) is 41.9 Å². The number of carbonyl (C=O) groups is 2. The summed E-state index contributed by atoms with van der Waals surface area (Å²) in [4.78, 5) is 37.0. The van der Waals surface area contributed by atoms with E-state index in [4.69, 9.17) is 9.72 Å². The minimum atomic E-state index is -0.965. The Balaban J connectivity index is 1.62. The van der Waals surface area contributed by atoms with Gasteiger partial charge in [-0.1, -0.05) is 31.2 Å². The molecule has 4 rings (SSSR count). The van der Waals surface area contributed by atoms with Crippen molar-refractivity contribution in [2.45, 2.75) is 39.3 Å². The maximum Gasteiger partial charge on any atom is 0.339 e. The normalized spacial score (nSPS) is 14.6. The van der Waals surface area contributed by atoms with Crippen molar-refractivity contribution >= 4 is 28.6 Å². The largest absolute Gasteiger partial charge is 0.449 e. The fourth-order valence-corrected chi connectivity index (χ4v) is 3.92. The molecule has 7 heteroatoms. The van der Waals surface area contributed by atoms with Crippen LogP contribution in [-0.2, 0) is 22.5 Å². The molecule has 0 aliphatic carbocycles. The quantitative estimate of drug-likeness (QED) is 0.616. The summed E-state index contributed by atoms with van der Waals surface area (Å²) in [6.45, 7) is 6.24. The molecule has 1 aliphatic heterocycles. The van der Waals surface area contributed by atoms with Crippen LogP contribution in [0.2, 0.25) is 0 Å². The van der Waals surface area contributed by atoms with Crippen LogP contribution >= 0.6 is 0 Å². The third-order valence-electron chi connectivity index (χ3n) is 5.44. The maximum absolute atomic E-state index is 13.3. The number of carbonyl (C=O) groups excluding carboxylic acids is 2. The highest BCUT2D eigenvalue weighted by Crippen LogP contribution is 2.29. The third-order valence-corrected chi connectivity index (χ3v) is 5.44. The number of para-hydroxylation sites is 1. The smallest absolute Gasteiger partial charge is 0.339 e. The highest BCUT2D eigenvalue weighted by molar-refractivity contribution is 6.06. The van der Waals surface area contributed by atoms with Crippen LogP contribution in [0.5, 0.6) is 0 Å². The van der Waals surface area contributed by atoms with Crippen LogP contribution < -0.4 is 5.32 Å². The number of hydrogen-bond acceptors (Lipinski definition) is 6. The Bertz CT molecular complexity index is 1100. The minimum Gasteiger partial charge on any atom is -0.449 e. The van der Waals surface area contributed by atoms with Crippen molar-refractivity contribution in [3.63, 3.8) is 0 Å². The van der Waals surface area contributed by atoms with E-state index in [1.165, 1.54) is 0 Å². The summed E-state index contributed by atoms with van der Waals surface area (Å²) in [6.07, 6.45) is 2.45. The topological polar surface area (TPSA) is 84.4 Å². The fraction of sp³-hybridized carbons (Fsp3) is 0.333. The average Bonchev–Trinajstić information content (AvgIpc) is 2.78. The molecule has 1 unspecified atom stereocenters. The summed E-state index contributed by atoms with van der Waals surface area (Å²) in [6, 6.07) is 12.8. The first kappa shape index (κ1) is 20.9. The van der Waals surface area contributed by atoms with Gasteiger partial charge in [-0.05, 0) is 38.1 Å². The average molecular weight is 418 g/mol. The number of hydrogen-bond donors (Lipinski definition) is 1. The molecule has 1 atom stereocenters. The second-order valence-electron chi connectivity index (χ2n) is 7.71. The maximum atomic E-state index is 13.3. The molecule has 1 aliphatic rings. The first-order chi connectivity index (χ1) is 15.1. The lowest BCUT2D eigenvalue weighted by Crippen LogP contribution is -2.34. The van der Waals surface area contributed by atoms with Crippen molar-refractivity contribution in [1.82, 2.24) is 14.9 Å². The molecule has 31 heavy (non-hydrogen) atoms. The van der Waals surface area contributed by atoms with Gasteiger partial charge in [0.15, 0.2) is 6.10 Å². The van der Waals surface area contributed by atoms with E-state index in [1.54, 1.807) is 31.3 Å². The minimum absolute atomic E-state index is 0.414. The van der Waals surface area contributed by atoms with E-state index >= 15 is 0 Å². The number of nitrogens with one attached hydrogen (secondary N) is 1. The zero-order valence-corrected chi connectivity index (χ0v) is 17.8. The van der Waals surface area contributed by atoms with Gasteiger partial charge in [-0.3, -0.25) is 14.7 Å². The molecule has 0 saturated heterocycles. The molecule has 2 aromatic heterocycles. The van der Waals surface area contributed by atoms with E-state index in [1.807, 2.05) is 24.3 Å². The van der Waals surface area contributed by atoms with Crippen molar-refractivity contribution in [1.29, 1.82) is 0 Å². The van der Waals surface area contributed by atoms with Crippen molar-refractivity contribution in [2.75, 3.05) is 18.4 Å². The van der Waals surface area contributed by atoms with Gasteiger partial charge in [-0.2, -0.15) is 0 Å². The van der Waals surface area contributed by atoms with E-state index in [0.717, 1.165) is 48.1 Å². The van der Waals surface area contributed by atoms with Gasteiger partial charge in [0.05, 0.1) is 11.1 Å². The number of nitrogens with zero attached hydrogens (tertiary/aromatic N) is 3. The van der Waals surface area contributed by atoms with Crippen molar-refractivity contribution in [3.05, 3.63) is 65.5 Å². The van der Waals surface area contributed by atoms with E-state index < -0.39 is 18.0 Å². The Morgan fingerprint density at radius 1 is 1.19 bits per heavy atom. The predicted molar refractivity (Wildman–Crippen MR) is 119 cm³/mol. The monoisotopic (exact) mass is 418 g/mol. The Morgan fingerprint density at radius 3 is 2.77 bits per heavy atom. The van der Waals surface area contributed by atoms with Crippen molar-refractivity contribution in [3.8, 4) is 0 Å². The SMILES string of the molecule is CCCN1CCc2nc3ccccc3c(C(=O)OC(C)C(=O)Nc3ccccn3)c2C1. The number of anilines is 1. The van der Waals surface area contributed by atoms with Crippen LogP contribution in [0.15, 0.2) is 48.7 Å². The molecule has 1 aromatic carbocycles. The summed E-state index contributed by atoms with van der Waals surface area (Å²) in [5, 5.41) is 3.43. The lowest BCUT2D eigenvalue weighted by atomic mass is 9.95. The van der Waals surface area contributed by atoms with E-state index in [2.05, 4.69) is 22.1 Å². The molecule has 0 fully saturated rings. The number of ether oxygens (including phenoxy) is 1. The number of amides is 1. The molecule has 1 amide bonds. The van der Waals surface area contributed by atoms with Crippen molar-refractivity contribution in [2.24, 2.45) is 0 Å². The van der Waals surface area contributed by atoms with Gasteiger partial charge in [0.2, 0.25) is 0 Å². The van der Waals surface area contributed by atoms with Crippen LogP contribution in [0.4, 0.5) is 5.82 Å². The van der Waals surface area contributed by atoms with Gasteiger partial charge < -0.3 is 10.1 Å².